The Morgan fingerprint density at radius 2 is 1.46 bits per heavy atom. The molecule has 3 aromatic carbocycles. The number of nitrogens with zero attached hydrogens (tertiary/aromatic N) is 1. The molecule has 1 amide bonds. The van der Waals surface area contributed by atoms with Crippen LogP contribution in [0.3, 0.4) is 0 Å². The highest BCUT2D eigenvalue weighted by Gasteiger charge is 2.36. The maximum Gasteiger partial charge on any atom is 0.216 e. The molecule has 4 nitrogen and oxygen atoms in total. The highest BCUT2D eigenvalue weighted by molar-refractivity contribution is 6.30. The maximum absolute atomic E-state index is 13.8. The van der Waals surface area contributed by atoms with Crippen molar-refractivity contribution >= 4 is 17.5 Å². The molecule has 0 atom stereocenters. The molecule has 2 N–H and O–H groups in total. The number of halogens is 3. The molecule has 0 radical (unpaired) electrons. The Morgan fingerprint density at radius 1 is 0.946 bits per heavy atom. The van der Waals surface area contributed by atoms with E-state index in [0.29, 0.717) is 30.8 Å². The fourth-order valence-corrected chi connectivity index (χ4v) is 5.49. The second kappa shape index (κ2) is 11.7. The average Bonchev–Trinajstić information content (AvgIpc) is 2.89. The van der Waals surface area contributed by atoms with Crippen molar-refractivity contribution in [3.05, 3.63) is 106 Å². The van der Waals surface area contributed by atoms with Gasteiger partial charge in [0.2, 0.25) is 5.91 Å². The number of rotatable bonds is 9. The van der Waals surface area contributed by atoms with Gasteiger partial charge in [-0.15, -0.1) is 0 Å². The van der Waals surface area contributed by atoms with E-state index >= 15 is 0 Å². The molecule has 0 saturated carbocycles. The second-order valence-electron chi connectivity index (χ2n) is 9.99. The largest absolute Gasteiger partial charge is 0.385 e. The first-order chi connectivity index (χ1) is 17.7. The van der Waals surface area contributed by atoms with Crippen molar-refractivity contribution < 1.29 is 18.7 Å². The standard InChI is InChI=1S/C30H33ClF2N2O2/c1-22(36)34-21-29(23-5-11-27(32)12-6-23,24-7-13-28(33)14-8-24)15-2-18-35-19-16-30(37,17-20-35)25-3-9-26(31)10-4-25/h3-14,37H,2,15-21H2,1H3,(H,34,36). The van der Waals surface area contributed by atoms with Gasteiger partial charge < -0.3 is 15.3 Å². The van der Waals surface area contributed by atoms with Crippen LogP contribution in [0, 0.1) is 11.6 Å². The first-order valence-corrected chi connectivity index (χ1v) is 13.1. The Hall–Kier alpha value is -2.80. The van der Waals surface area contributed by atoms with Gasteiger partial charge in [0, 0.05) is 37.0 Å². The molecule has 0 spiro atoms. The number of likely N-dealkylation sites (tertiary alicyclic amines) is 1. The molecule has 37 heavy (non-hydrogen) atoms. The molecule has 0 unspecified atom stereocenters. The summed E-state index contributed by atoms with van der Waals surface area (Å²) in [5, 5.41) is 14.8. The number of carbonyl (C=O) groups is 1. The van der Waals surface area contributed by atoms with E-state index in [2.05, 4.69) is 10.2 Å². The van der Waals surface area contributed by atoms with Crippen LogP contribution in [0.4, 0.5) is 8.78 Å². The monoisotopic (exact) mass is 526 g/mol. The normalized spacial score (nSPS) is 15.9. The fourth-order valence-electron chi connectivity index (χ4n) is 5.36. The third-order valence-electron chi connectivity index (χ3n) is 7.58. The van der Waals surface area contributed by atoms with E-state index in [-0.39, 0.29) is 17.5 Å². The predicted molar refractivity (Wildman–Crippen MR) is 143 cm³/mol. The van der Waals surface area contributed by atoms with Crippen LogP contribution in [0.5, 0.6) is 0 Å². The number of hydrogen-bond acceptors (Lipinski definition) is 3. The van der Waals surface area contributed by atoms with Crippen molar-refractivity contribution in [3.8, 4) is 0 Å². The van der Waals surface area contributed by atoms with E-state index < -0.39 is 11.0 Å². The third-order valence-corrected chi connectivity index (χ3v) is 7.83. The minimum atomic E-state index is -0.863. The first kappa shape index (κ1) is 27.2. The molecule has 196 valence electrons. The lowest BCUT2D eigenvalue weighted by atomic mass is 9.71. The van der Waals surface area contributed by atoms with Crippen LogP contribution in [-0.4, -0.2) is 42.1 Å². The van der Waals surface area contributed by atoms with Crippen molar-refractivity contribution in [2.75, 3.05) is 26.2 Å². The Labute approximate surface area is 222 Å². The zero-order chi connectivity index (χ0) is 26.5. The summed E-state index contributed by atoms with van der Waals surface area (Å²) in [6.45, 7) is 4.10. The minimum Gasteiger partial charge on any atom is -0.385 e. The summed E-state index contributed by atoms with van der Waals surface area (Å²) in [4.78, 5) is 14.2. The van der Waals surface area contributed by atoms with Crippen LogP contribution in [-0.2, 0) is 15.8 Å². The quantitative estimate of drug-likeness (QED) is 0.370. The number of amides is 1. The zero-order valence-corrected chi connectivity index (χ0v) is 21.8. The Bertz CT molecular complexity index is 1130. The van der Waals surface area contributed by atoms with Crippen molar-refractivity contribution in [2.45, 2.75) is 43.6 Å². The van der Waals surface area contributed by atoms with E-state index in [0.717, 1.165) is 42.7 Å². The lowest BCUT2D eigenvalue weighted by Gasteiger charge is -2.40. The highest BCUT2D eigenvalue weighted by Crippen LogP contribution is 2.38. The van der Waals surface area contributed by atoms with Crippen LogP contribution >= 0.6 is 11.6 Å². The van der Waals surface area contributed by atoms with Gasteiger partial charge in [0.15, 0.2) is 0 Å². The van der Waals surface area contributed by atoms with Crippen molar-refractivity contribution in [1.82, 2.24) is 10.2 Å². The van der Waals surface area contributed by atoms with Crippen molar-refractivity contribution in [3.63, 3.8) is 0 Å². The molecule has 3 aromatic rings. The third kappa shape index (κ3) is 6.56. The predicted octanol–water partition coefficient (Wildman–Crippen LogP) is 5.80. The van der Waals surface area contributed by atoms with Gasteiger partial charge in [0.25, 0.3) is 0 Å². The van der Waals surface area contributed by atoms with Crippen LogP contribution < -0.4 is 5.32 Å². The summed E-state index contributed by atoms with van der Waals surface area (Å²) < 4.78 is 27.6. The molecule has 0 aliphatic carbocycles. The lowest BCUT2D eigenvalue weighted by molar-refractivity contribution is -0.119. The van der Waals surface area contributed by atoms with Gasteiger partial charge in [-0.3, -0.25) is 4.79 Å². The van der Waals surface area contributed by atoms with Crippen LogP contribution in [0.2, 0.25) is 5.02 Å². The molecular formula is C30H33ClF2N2O2. The molecule has 0 aromatic heterocycles. The topological polar surface area (TPSA) is 52.6 Å². The van der Waals surface area contributed by atoms with Gasteiger partial charge in [-0.05, 0) is 85.3 Å². The molecule has 1 aliphatic heterocycles. The summed E-state index contributed by atoms with van der Waals surface area (Å²) in [5.74, 6) is -0.832. The number of piperidine rings is 1. The molecular weight excluding hydrogens is 494 g/mol. The van der Waals surface area contributed by atoms with Gasteiger partial charge >= 0.3 is 0 Å². The Kier molecular flexibility index (Phi) is 8.63. The number of aliphatic hydroxyl groups is 1. The van der Waals surface area contributed by atoms with E-state index in [1.54, 1.807) is 36.4 Å². The minimum absolute atomic E-state index is 0.161. The Balaban J connectivity index is 1.50. The smallest absolute Gasteiger partial charge is 0.216 e. The number of benzene rings is 3. The summed E-state index contributed by atoms with van der Waals surface area (Å²) in [6.07, 6.45) is 2.72. The summed E-state index contributed by atoms with van der Waals surface area (Å²) in [6, 6.07) is 20.0. The van der Waals surface area contributed by atoms with Gasteiger partial charge in [0.1, 0.15) is 11.6 Å². The van der Waals surface area contributed by atoms with Crippen molar-refractivity contribution in [1.29, 1.82) is 0 Å². The molecule has 1 saturated heterocycles. The molecule has 4 rings (SSSR count). The van der Waals surface area contributed by atoms with Gasteiger partial charge in [-0.25, -0.2) is 8.78 Å². The molecule has 0 bridgehead atoms. The van der Waals surface area contributed by atoms with Gasteiger partial charge in [0.05, 0.1) is 5.60 Å². The fraction of sp³-hybridized carbons (Fsp3) is 0.367. The van der Waals surface area contributed by atoms with Gasteiger partial charge in [-0.2, -0.15) is 0 Å². The van der Waals surface area contributed by atoms with Gasteiger partial charge in [-0.1, -0.05) is 48.0 Å². The zero-order valence-electron chi connectivity index (χ0n) is 21.0. The van der Waals surface area contributed by atoms with E-state index in [9.17, 15) is 18.7 Å². The number of carbonyl (C=O) groups excluding carboxylic acids is 1. The summed E-state index contributed by atoms with van der Waals surface area (Å²) in [5.41, 5.74) is 1.11. The molecule has 1 heterocycles. The van der Waals surface area contributed by atoms with Crippen LogP contribution in [0.1, 0.15) is 49.3 Å². The van der Waals surface area contributed by atoms with Crippen LogP contribution in [0.15, 0.2) is 72.8 Å². The molecule has 7 heteroatoms. The average molecular weight is 527 g/mol. The van der Waals surface area contributed by atoms with E-state index in [4.69, 9.17) is 11.6 Å². The van der Waals surface area contributed by atoms with E-state index in [1.165, 1.54) is 31.2 Å². The summed E-state index contributed by atoms with van der Waals surface area (Å²) >= 11 is 6.01. The molecule has 1 fully saturated rings. The van der Waals surface area contributed by atoms with Crippen molar-refractivity contribution in [2.24, 2.45) is 0 Å². The maximum atomic E-state index is 13.8. The van der Waals surface area contributed by atoms with E-state index in [1.807, 2.05) is 12.1 Å². The summed E-state index contributed by atoms with van der Waals surface area (Å²) in [7, 11) is 0. The Morgan fingerprint density at radius 3 is 1.95 bits per heavy atom. The van der Waals surface area contributed by atoms with Crippen LogP contribution in [0.25, 0.3) is 0 Å². The number of hydrogen-bond donors (Lipinski definition) is 2. The lowest BCUT2D eigenvalue weighted by Crippen LogP contribution is -2.44. The second-order valence-corrected chi connectivity index (χ2v) is 10.4. The molecule has 1 aliphatic rings. The first-order valence-electron chi connectivity index (χ1n) is 12.7. The SMILES string of the molecule is CC(=O)NCC(CCCN1CCC(O)(c2ccc(Cl)cc2)CC1)(c1ccc(F)cc1)c1ccc(F)cc1. The number of nitrogens with one attached hydrogen (secondary N) is 1. The highest BCUT2D eigenvalue weighted by atomic mass is 35.5.